The van der Waals surface area contributed by atoms with Crippen molar-refractivity contribution in [2.45, 2.75) is 52.1 Å². The second-order valence-electron chi connectivity index (χ2n) is 2.24. The van der Waals surface area contributed by atoms with E-state index in [0.29, 0.717) is 0 Å². The minimum atomic E-state index is -0.464. The van der Waals surface area contributed by atoms with E-state index in [2.05, 4.69) is 0 Å². The number of alkyl halides is 1. The quantitative estimate of drug-likeness (QED) is 0.643. The summed E-state index contributed by atoms with van der Waals surface area (Å²) in [6.07, 6.45) is 4.65. The van der Waals surface area contributed by atoms with Crippen LogP contribution in [0.25, 0.3) is 0 Å². The van der Waals surface area contributed by atoms with Gasteiger partial charge in [0.15, 0.2) is 0 Å². The summed E-state index contributed by atoms with van der Waals surface area (Å²) in [5.41, 5.74) is 0. The molecule has 1 rings (SSSR count). The third kappa shape index (κ3) is 6.73. The Balaban J connectivity index is 0. The zero-order chi connectivity index (χ0) is 7.11. The van der Waals surface area contributed by atoms with Gasteiger partial charge < -0.3 is 0 Å². The van der Waals surface area contributed by atoms with E-state index in [4.69, 9.17) is 0 Å². The zero-order valence-electron chi connectivity index (χ0n) is 6.90. The van der Waals surface area contributed by atoms with Gasteiger partial charge >= 0.3 is 0 Å². The first kappa shape index (κ1) is 13.2. The van der Waals surface area contributed by atoms with E-state index in [0.717, 1.165) is 25.7 Å². The van der Waals surface area contributed by atoms with Gasteiger partial charge in [-0.2, -0.15) is 0 Å². The largest absolute Gasteiger partial charge is 0.247 e. The normalized spacial score (nSPS) is 18.3. The summed E-state index contributed by atoms with van der Waals surface area (Å²) in [5.74, 6) is 0. The molecule has 1 saturated carbocycles. The molecule has 0 nitrogen and oxygen atoms in total. The SMILES string of the molecule is CC.FC1CCCCC1.[W]. The first-order chi connectivity index (χ1) is 4.39. The molecule has 1 aliphatic carbocycles. The van der Waals surface area contributed by atoms with Crippen molar-refractivity contribution in [3.05, 3.63) is 0 Å². The third-order valence-corrected chi connectivity index (χ3v) is 1.53. The van der Waals surface area contributed by atoms with Crippen LogP contribution in [0, 0.1) is 0 Å². The average Bonchev–Trinajstić information content (AvgIpc) is 1.94. The molecule has 0 bridgehead atoms. The predicted molar refractivity (Wildman–Crippen MR) is 39.3 cm³/mol. The van der Waals surface area contributed by atoms with Crippen LogP contribution in [0.15, 0.2) is 0 Å². The van der Waals surface area contributed by atoms with Crippen molar-refractivity contribution < 1.29 is 25.5 Å². The Hall–Kier alpha value is 0.618. The molecule has 0 heterocycles. The Morgan fingerprint density at radius 2 is 1.40 bits per heavy atom. The van der Waals surface area contributed by atoms with E-state index >= 15 is 0 Å². The molecule has 1 fully saturated rings. The molecular formula is C8H17FW. The van der Waals surface area contributed by atoms with Gasteiger partial charge in [-0.1, -0.05) is 33.1 Å². The van der Waals surface area contributed by atoms with Gasteiger partial charge in [0.2, 0.25) is 0 Å². The molecule has 0 atom stereocenters. The van der Waals surface area contributed by atoms with Crippen LogP contribution in [0.1, 0.15) is 46.0 Å². The second kappa shape index (κ2) is 9.62. The zero-order valence-corrected chi connectivity index (χ0v) is 9.83. The summed E-state index contributed by atoms with van der Waals surface area (Å²) in [4.78, 5) is 0. The molecule has 10 heavy (non-hydrogen) atoms. The number of rotatable bonds is 0. The van der Waals surface area contributed by atoms with Crippen molar-refractivity contribution >= 4 is 0 Å². The molecule has 1 aliphatic rings. The van der Waals surface area contributed by atoms with Crippen molar-refractivity contribution in [2.75, 3.05) is 0 Å². The summed E-state index contributed by atoms with van der Waals surface area (Å²) in [6, 6.07) is 0. The van der Waals surface area contributed by atoms with Gasteiger partial charge in [0, 0.05) is 21.1 Å². The fourth-order valence-electron chi connectivity index (χ4n) is 1.05. The fraction of sp³-hybridized carbons (Fsp3) is 1.00. The Kier molecular flexibility index (Phi) is 12.7. The van der Waals surface area contributed by atoms with Crippen LogP contribution >= 0.6 is 0 Å². The van der Waals surface area contributed by atoms with Gasteiger partial charge in [0.25, 0.3) is 0 Å². The van der Waals surface area contributed by atoms with Crippen LogP contribution in [0.3, 0.4) is 0 Å². The van der Waals surface area contributed by atoms with Crippen LogP contribution in [0.2, 0.25) is 0 Å². The molecule has 0 amide bonds. The molecule has 0 aromatic heterocycles. The molecule has 62 valence electrons. The van der Waals surface area contributed by atoms with Gasteiger partial charge in [0.1, 0.15) is 6.17 Å². The molecule has 0 aromatic rings. The van der Waals surface area contributed by atoms with Crippen LogP contribution in [-0.2, 0) is 21.1 Å². The van der Waals surface area contributed by atoms with Crippen molar-refractivity contribution in [1.29, 1.82) is 0 Å². The minimum absolute atomic E-state index is 0. The molecular weight excluding hydrogens is 299 g/mol. The summed E-state index contributed by atoms with van der Waals surface area (Å²) < 4.78 is 12.2. The van der Waals surface area contributed by atoms with Gasteiger partial charge in [-0.25, -0.2) is 4.39 Å². The minimum Gasteiger partial charge on any atom is -0.247 e. The van der Waals surface area contributed by atoms with E-state index in [1.165, 1.54) is 6.42 Å². The molecule has 0 spiro atoms. The Labute approximate surface area is 77.8 Å². The molecule has 0 unspecified atom stereocenters. The van der Waals surface area contributed by atoms with E-state index in [1.54, 1.807) is 0 Å². The average molecular weight is 316 g/mol. The molecule has 0 radical (unpaired) electrons. The van der Waals surface area contributed by atoms with Gasteiger partial charge in [-0.15, -0.1) is 0 Å². The Bertz CT molecular complexity index is 51.2. The van der Waals surface area contributed by atoms with Gasteiger partial charge in [-0.3, -0.25) is 0 Å². The first-order valence-electron chi connectivity index (χ1n) is 4.03. The summed E-state index contributed by atoms with van der Waals surface area (Å²) >= 11 is 0. The second-order valence-corrected chi connectivity index (χ2v) is 2.24. The predicted octanol–water partition coefficient (Wildman–Crippen LogP) is 3.31. The van der Waals surface area contributed by atoms with Gasteiger partial charge in [0.05, 0.1) is 0 Å². The standard InChI is InChI=1S/C6H11F.C2H6.W/c7-6-4-2-1-3-5-6;1-2;/h6H,1-5H2;1-2H3;. The van der Waals surface area contributed by atoms with Crippen LogP contribution in [-0.4, -0.2) is 6.17 Å². The van der Waals surface area contributed by atoms with Crippen molar-refractivity contribution in [3.63, 3.8) is 0 Å². The molecule has 0 aromatic carbocycles. The maximum atomic E-state index is 12.2. The van der Waals surface area contributed by atoms with E-state index < -0.39 is 6.17 Å². The Morgan fingerprint density at radius 1 is 1.00 bits per heavy atom. The van der Waals surface area contributed by atoms with E-state index in [-0.39, 0.29) is 21.1 Å². The van der Waals surface area contributed by atoms with E-state index in [9.17, 15) is 4.39 Å². The third-order valence-electron chi connectivity index (χ3n) is 1.53. The molecule has 0 N–H and O–H groups in total. The summed E-state index contributed by atoms with van der Waals surface area (Å²) in [7, 11) is 0. The number of hydrogen-bond donors (Lipinski definition) is 0. The Morgan fingerprint density at radius 3 is 1.60 bits per heavy atom. The topological polar surface area (TPSA) is 0 Å². The molecule has 2 heteroatoms. The summed E-state index contributed by atoms with van der Waals surface area (Å²) in [6.45, 7) is 4.00. The smallest absolute Gasteiger partial charge is 0.100 e. The maximum Gasteiger partial charge on any atom is 0.100 e. The van der Waals surface area contributed by atoms with Crippen molar-refractivity contribution in [3.8, 4) is 0 Å². The van der Waals surface area contributed by atoms with Crippen molar-refractivity contribution in [1.82, 2.24) is 0 Å². The summed E-state index contributed by atoms with van der Waals surface area (Å²) in [5, 5.41) is 0. The van der Waals surface area contributed by atoms with Crippen LogP contribution in [0.4, 0.5) is 4.39 Å². The number of halogens is 1. The number of hydrogen-bond acceptors (Lipinski definition) is 0. The van der Waals surface area contributed by atoms with Crippen LogP contribution in [0.5, 0.6) is 0 Å². The maximum absolute atomic E-state index is 12.2. The van der Waals surface area contributed by atoms with E-state index in [1.807, 2.05) is 13.8 Å². The van der Waals surface area contributed by atoms with Crippen LogP contribution < -0.4 is 0 Å². The fourth-order valence-corrected chi connectivity index (χ4v) is 1.05. The van der Waals surface area contributed by atoms with Gasteiger partial charge in [-0.05, 0) is 12.8 Å². The first-order valence-corrected chi connectivity index (χ1v) is 4.03. The van der Waals surface area contributed by atoms with Crippen molar-refractivity contribution in [2.24, 2.45) is 0 Å². The molecule has 0 aliphatic heterocycles. The molecule has 0 saturated heterocycles. The monoisotopic (exact) mass is 316 g/mol.